The Bertz CT molecular complexity index is 460. The van der Waals surface area contributed by atoms with Gasteiger partial charge in [-0.15, -0.1) is 0 Å². The van der Waals surface area contributed by atoms with Gasteiger partial charge < -0.3 is 0 Å². The number of hydrogen-bond donors (Lipinski definition) is 0. The molecule has 1 aromatic heterocycles. The van der Waals surface area contributed by atoms with Crippen LogP contribution in [-0.2, 0) is 5.41 Å². The Morgan fingerprint density at radius 2 is 2.12 bits per heavy atom. The Hall–Kier alpha value is -1.61. The Morgan fingerprint density at radius 1 is 1.41 bits per heavy atom. The molecule has 1 fully saturated rings. The van der Waals surface area contributed by atoms with Crippen LogP contribution in [0, 0.1) is 5.82 Å². The molecule has 5 heteroatoms. The van der Waals surface area contributed by atoms with Gasteiger partial charge in [0.1, 0.15) is 5.82 Å². The van der Waals surface area contributed by atoms with Gasteiger partial charge in [-0.05, 0) is 24.4 Å². The lowest BCUT2D eigenvalue weighted by Crippen LogP contribution is -2.27. The van der Waals surface area contributed by atoms with Crippen molar-refractivity contribution in [2.45, 2.75) is 44.4 Å². The lowest BCUT2D eigenvalue weighted by molar-refractivity contribution is 0.301. The molecule has 0 aromatic carbocycles. The zero-order chi connectivity index (χ0) is 12.3. The van der Waals surface area contributed by atoms with Gasteiger partial charge in [0, 0.05) is 16.5 Å². The van der Waals surface area contributed by atoms with Gasteiger partial charge in [0.2, 0.25) is 0 Å². The summed E-state index contributed by atoms with van der Waals surface area (Å²) >= 11 is 0. The fourth-order valence-corrected chi connectivity index (χ4v) is 2.55. The van der Waals surface area contributed by atoms with Crippen molar-refractivity contribution in [1.82, 2.24) is 4.98 Å². The van der Waals surface area contributed by atoms with E-state index in [9.17, 15) is 4.39 Å². The van der Waals surface area contributed by atoms with Crippen LogP contribution in [0.15, 0.2) is 17.4 Å². The van der Waals surface area contributed by atoms with E-state index in [1.807, 2.05) is 0 Å². The molecule has 1 saturated carbocycles. The van der Waals surface area contributed by atoms with Gasteiger partial charge in [-0.3, -0.25) is 4.98 Å². The van der Waals surface area contributed by atoms with E-state index in [0.717, 1.165) is 25.7 Å². The molecule has 0 amide bonds. The summed E-state index contributed by atoms with van der Waals surface area (Å²) in [6, 6.07) is 1.27. The van der Waals surface area contributed by atoms with Crippen LogP contribution in [0.4, 0.5) is 10.1 Å². The number of aromatic nitrogens is 1. The van der Waals surface area contributed by atoms with Crippen LogP contribution >= 0.6 is 0 Å². The van der Waals surface area contributed by atoms with E-state index in [1.165, 1.54) is 18.7 Å². The number of hydrogen-bond acceptors (Lipinski definition) is 2. The molecule has 1 heterocycles. The molecule has 1 aliphatic rings. The summed E-state index contributed by atoms with van der Waals surface area (Å²) in [5, 5.41) is 3.35. The molecule has 1 aromatic rings. The summed E-state index contributed by atoms with van der Waals surface area (Å²) in [7, 11) is 0. The molecule has 17 heavy (non-hydrogen) atoms. The molecule has 0 saturated heterocycles. The van der Waals surface area contributed by atoms with Gasteiger partial charge in [-0.25, -0.2) is 4.39 Å². The molecule has 0 aliphatic heterocycles. The second kappa shape index (κ2) is 4.72. The van der Waals surface area contributed by atoms with Crippen molar-refractivity contribution in [2.75, 3.05) is 0 Å². The molecule has 0 N–H and O–H groups in total. The minimum Gasteiger partial charge on any atom is -0.257 e. The first kappa shape index (κ1) is 11.9. The van der Waals surface area contributed by atoms with Crippen LogP contribution in [0.3, 0.4) is 0 Å². The molecule has 4 nitrogen and oxygen atoms in total. The topological polar surface area (TPSA) is 61.7 Å². The molecule has 2 rings (SSSR count). The first-order valence-electron chi connectivity index (χ1n) is 5.87. The maximum atomic E-state index is 14.0. The van der Waals surface area contributed by atoms with Crippen molar-refractivity contribution in [3.63, 3.8) is 0 Å². The quantitative estimate of drug-likeness (QED) is 0.425. The van der Waals surface area contributed by atoms with Gasteiger partial charge in [0.25, 0.3) is 0 Å². The molecule has 1 aliphatic carbocycles. The van der Waals surface area contributed by atoms with E-state index in [4.69, 9.17) is 5.53 Å². The number of halogens is 1. The highest BCUT2D eigenvalue weighted by atomic mass is 19.1. The van der Waals surface area contributed by atoms with E-state index < -0.39 is 0 Å². The molecule has 0 radical (unpaired) electrons. The average Bonchev–Trinajstić information content (AvgIpc) is 2.30. The Balaban J connectivity index is 2.35. The predicted molar refractivity (Wildman–Crippen MR) is 63.4 cm³/mol. The highest BCUT2D eigenvalue weighted by Crippen LogP contribution is 2.39. The van der Waals surface area contributed by atoms with Crippen molar-refractivity contribution in [2.24, 2.45) is 5.11 Å². The van der Waals surface area contributed by atoms with Gasteiger partial charge >= 0.3 is 0 Å². The third-order valence-corrected chi connectivity index (χ3v) is 3.52. The van der Waals surface area contributed by atoms with Crippen LogP contribution in [0.5, 0.6) is 0 Å². The van der Waals surface area contributed by atoms with Crippen LogP contribution in [0.1, 0.15) is 44.7 Å². The summed E-state index contributed by atoms with van der Waals surface area (Å²) in [6.07, 6.45) is 6.84. The van der Waals surface area contributed by atoms with E-state index in [-0.39, 0.29) is 16.9 Å². The van der Waals surface area contributed by atoms with Gasteiger partial charge in [-0.2, -0.15) is 0 Å². The summed E-state index contributed by atoms with van der Waals surface area (Å²) in [6.45, 7) is 2.06. The standard InChI is InChI=1S/C12H15FN4/c1-12(5-3-2-4-6-12)11-10(13)7-9(8-15-11)16-17-14/h7-8H,2-6H2,1H3. The van der Waals surface area contributed by atoms with Crippen molar-refractivity contribution in [1.29, 1.82) is 0 Å². The van der Waals surface area contributed by atoms with Crippen molar-refractivity contribution in [3.8, 4) is 0 Å². The lowest BCUT2D eigenvalue weighted by atomic mass is 9.73. The van der Waals surface area contributed by atoms with Crippen LogP contribution in [0.25, 0.3) is 10.4 Å². The maximum Gasteiger partial charge on any atom is 0.145 e. The average molecular weight is 234 g/mol. The van der Waals surface area contributed by atoms with E-state index in [0.29, 0.717) is 5.69 Å². The summed E-state index contributed by atoms with van der Waals surface area (Å²) in [5.41, 5.74) is 8.86. The van der Waals surface area contributed by atoms with Crippen LogP contribution < -0.4 is 0 Å². The SMILES string of the molecule is CC1(c2ncc(N=[N+]=[N-])cc2F)CCCCC1. The van der Waals surface area contributed by atoms with E-state index in [1.54, 1.807) is 0 Å². The minimum atomic E-state index is -0.362. The number of azide groups is 1. The zero-order valence-corrected chi connectivity index (χ0v) is 9.86. The Labute approximate surface area is 99.5 Å². The molecular formula is C12H15FN4. The Kier molecular flexibility index (Phi) is 3.29. The second-order valence-electron chi connectivity index (χ2n) is 4.83. The maximum absolute atomic E-state index is 14.0. The summed E-state index contributed by atoms with van der Waals surface area (Å²) < 4.78 is 14.0. The predicted octanol–water partition coefficient (Wildman–Crippen LogP) is 4.38. The zero-order valence-electron chi connectivity index (χ0n) is 9.86. The lowest BCUT2D eigenvalue weighted by Gasteiger charge is -2.33. The second-order valence-corrected chi connectivity index (χ2v) is 4.83. The third-order valence-electron chi connectivity index (χ3n) is 3.52. The summed E-state index contributed by atoms with van der Waals surface area (Å²) in [4.78, 5) is 6.78. The molecule has 0 spiro atoms. The monoisotopic (exact) mass is 234 g/mol. The van der Waals surface area contributed by atoms with Gasteiger partial charge in [-0.1, -0.05) is 31.3 Å². The van der Waals surface area contributed by atoms with Gasteiger partial charge in [0.15, 0.2) is 0 Å². The van der Waals surface area contributed by atoms with Crippen molar-refractivity contribution < 1.29 is 4.39 Å². The minimum absolute atomic E-state index is 0.169. The summed E-state index contributed by atoms with van der Waals surface area (Å²) in [5.74, 6) is -0.362. The van der Waals surface area contributed by atoms with Crippen LogP contribution in [-0.4, -0.2) is 4.98 Å². The first-order valence-corrected chi connectivity index (χ1v) is 5.87. The smallest absolute Gasteiger partial charge is 0.145 e. The highest BCUT2D eigenvalue weighted by molar-refractivity contribution is 5.36. The first-order chi connectivity index (χ1) is 8.15. The molecule has 0 unspecified atom stereocenters. The van der Waals surface area contributed by atoms with Crippen molar-refractivity contribution in [3.05, 3.63) is 34.2 Å². The molecular weight excluding hydrogens is 219 g/mol. The number of rotatable bonds is 2. The highest BCUT2D eigenvalue weighted by Gasteiger charge is 2.32. The fourth-order valence-electron chi connectivity index (χ4n) is 2.55. The molecule has 90 valence electrons. The van der Waals surface area contributed by atoms with Crippen molar-refractivity contribution >= 4 is 5.69 Å². The largest absolute Gasteiger partial charge is 0.257 e. The molecule has 0 bridgehead atoms. The normalized spacial score (nSPS) is 18.5. The Morgan fingerprint density at radius 3 is 2.71 bits per heavy atom. The fraction of sp³-hybridized carbons (Fsp3) is 0.583. The van der Waals surface area contributed by atoms with E-state index in [2.05, 4.69) is 21.9 Å². The van der Waals surface area contributed by atoms with Crippen LogP contribution in [0.2, 0.25) is 0 Å². The van der Waals surface area contributed by atoms with Gasteiger partial charge in [0.05, 0.1) is 11.4 Å². The van der Waals surface area contributed by atoms with E-state index >= 15 is 0 Å². The number of nitrogens with zero attached hydrogens (tertiary/aromatic N) is 4. The third kappa shape index (κ3) is 2.39. The molecule has 0 atom stereocenters. The number of pyridine rings is 1.